The number of nitrogens with two attached hydrogens (primary N) is 1. The van der Waals surface area contributed by atoms with E-state index in [-0.39, 0.29) is 12.0 Å². The molecule has 3 heterocycles. The molecule has 3 N–H and O–H groups in total. The van der Waals surface area contributed by atoms with Gasteiger partial charge >= 0.3 is 0 Å². The molecule has 0 aliphatic heterocycles. The lowest BCUT2D eigenvalue weighted by molar-refractivity contribution is 0.760. The number of anilines is 2. The van der Waals surface area contributed by atoms with E-state index in [4.69, 9.17) is 5.73 Å². The van der Waals surface area contributed by atoms with Gasteiger partial charge in [-0.15, -0.1) is 0 Å². The Labute approximate surface area is 125 Å². The molecular weight excluding hydrogens is 286 g/mol. The summed E-state index contributed by atoms with van der Waals surface area (Å²) in [6.45, 7) is 2.07. The Balaban J connectivity index is 1.76. The third-order valence-corrected chi connectivity index (χ3v) is 3.58. The van der Waals surface area contributed by atoms with Crippen LogP contribution in [0.25, 0.3) is 5.95 Å². The molecule has 0 aromatic carbocycles. The number of thiophene rings is 1. The zero-order chi connectivity index (χ0) is 14.7. The van der Waals surface area contributed by atoms with Gasteiger partial charge in [-0.2, -0.15) is 31.4 Å². The van der Waals surface area contributed by atoms with Crippen molar-refractivity contribution in [1.82, 2.24) is 24.7 Å². The lowest BCUT2D eigenvalue weighted by Gasteiger charge is -2.13. The largest absolute Gasteiger partial charge is 0.368 e. The van der Waals surface area contributed by atoms with Gasteiger partial charge < -0.3 is 11.1 Å². The number of nitrogen functional groups attached to an aromatic ring is 1. The van der Waals surface area contributed by atoms with Crippen LogP contribution in [0.5, 0.6) is 0 Å². The van der Waals surface area contributed by atoms with Crippen LogP contribution in [0.3, 0.4) is 0 Å². The zero-order valence-electron chi connectivity index (χ0n) is 11.5. The first kappa shape index (κ1) is 13.5. The molecule has 0 fully saturated rings. The number of rotatable bonds is 5. The summed E-state index contributed by atoms with van der Waals surface area (Å²) in [5.74, 6) is 1.02. The van der Waals surface area contributed by atoms with Gasteiger partial charge in [-0.3, -0.25) is 0 Å². The molecule has 7 nitrogen and oxygen atoms in total. The number of nitrogens with one attached hydrogen (secondary N) is 1. The number of aromatic nitrogens is 5. The lowest BCUT2D eigenvalue weighted by atomic mass is 10.1. The Morgan fingerprint density at radius 1 is 1.38 bits per heavy atom. The average Bonchev–Trinajstić information content (AvgIpc) is 3.10. The van der Waals surface area contributed by atoms with Crippen LogP contribution in [-0.4, -0.2) is 30.8 Å². The van der Waals surface area contributed by atoms with E-state index in [0.29, 0.717) is 11.9 Å². The second-order valence-electron chi connectivity index (χ2n) is 4.65. The van der Waals surface area contributed by atoms with Gasteiger partial charge in [0.1, 0.15) is 0 Å². The van der Waals surface area contributed by atoms with Gasteiger partial charge in [-0.05, 0) is 41.8 Å². The Bertz CT molecular complexity index is 693. The van der Waals surface area contributed by atoms with Crippen LogP contribution in [0, 0.1) is 0 Å². The Kier molecular flexibility index (Phi) is 3.78. The van der Waals surface area contributed by atoms with Gasteiger partial charge in [-0.1, -0.05) is 0 Å². The summed E-state index contributed by atoms with van der Waals surface area (Å²) in [6.07, 6.45) is 4.31. The molecule has 8 heteroatoms. The summed E-state index contributed by atoms with van der Waals surface area (Å²) in [7, 11) is 0. The molecule has 0 saturated heterocycles. The Hall–Kier alpha value is -2.48. The maximum atomic E-state index is 5.74. The van der Waals surface area contributed by atoms with Gasteiger partial charge in [0.15, 0.2) is 0 Å². The van der Waals surface area contributed by atoms with Crippen LogP contribution in [-0.2, 0) is 6.42 Å². The predicted octanol–water partition coefficient (Wildman–Crippen LogP) is 1.74. The maximum Gasteiger partial charge on any atom is 0.257 e. The normalized spacial score (nSPS) is 12.2. The van der Waals surface area contributed by atoms with Crippen LogP contribution < -0.4 is 11.1 Å². The first-order chi connectivity index (χ1) is 10.2. The minimum Gasteiger partial charge on any atom is -0.368 e. The van der Waals surface area contributed by atoms with E-state index in [1.807, 2.05) is 0 Å². The molecule has 1 atom stereocenters. The van der Waals surface area contributed by atoms with Crippen molar-refractivity contribution in [2.45, 2.75) is 19.4 Å². The van der Waals surface area contributed by atoms with E-state index in [1.165, 1.54) is 5.56 Å². The quantitative estimate of drug-likeness (QED) is 0.745. The predicted molar refractivity (Wildman–Crippen MR) is 82.5 cm³/mol. The number of hydrogen-bond acceptors (Lipinski definition) is 7. The van der Waals surface area contributed by atoms with Crippen LogP contribution in [0.1, 0.15) is 12.5 Å². The van der Waals surface area contributed by atoms with E-state index in [0.717, 1.165) is 6.42 Å². The molecule has 21 heavy (non-hydrogen) atoms. The summed E-state index contributed by atoms with van der Waals surface area (Å²) in [5.41, 5.74) is 7.02. The van der Waals surface area contributed by atoms with Gasteiger partial charge in [0.2, 0.25) is 11.9 Å². The zero-order valence-corrected chi connectivity index (χ0v) is 12.3. The van der Waals surface area contributed by atoms with Crippen molar-refractivity contribution in [2.24, 2.45) is 0 Å². The van der Waals surface area contributed by atoms with Gasteiger partial charge in [0.05, 0.1) is 0 Å². The molecule has 108 valence electrons. The van der Waals surface area contributed by atoms with Gasteiger partial charge in [-0.25, -0.2) is 4.68 Å². The standard InChI is InChI=1S/C13H15N7S/c1-9(7-10-3-6-21-8-10)16-12-17-11(14)18-13(19-12)20-5-2-4-15-20/h2-6,8-9H,7H2,1H3,(H3,14,16,17,18,19). The van der Waals surface area contributed by atoms with Crippen molar-refractivity contribution in [1.29, 1.82) is 0 Å². The topological polar surface area (TPSA) is 94.5 Å². The summed E-state index contributed by atoms with van der Waals surface area (Å²) in [6, 6.07) is 4.10. The van der Waals surface area contributed by atoms with Crippen molar-refractivity contribution in [3.63, 3.8) is 0 Å². The molecule has 0 bridgehead atoms. The smallest absolute Gasteiger partial charge is 0.257 e. The fourth-order valence-corrected chi connectivity index (χ4v) is 2.65. The highest BCUT2D eigenvalue weighted by molar-refractivity contribution is 7.07. The molecule has 0 aliphatic carbocycles. The highest BCUT2D eigenvalue weighted by Gasteiger charge is 2.10. The van der Waals surface area contributed by atoms with Crippen molar-refractivity contribution < 1.29 is 0 Å². The molecule has 0 aliphatic rings. The van der Waals surface area contributed by atoms with E-state index in [2.05, 4.69) is 49.1 Å². The average molecular weight is 301 g/mol. The van der Waals surface area contributed by atoms with Gasteiger partial charge in [0, 0.05) is 18.4 Å². The van der Waals surface area contributed by atoms with Crippen LogP contribution >= 0.6 is 11.3 Å². The Morgan fingerprint density at radius 2 is 2.29 bits per heavy atom. The summed E-state index contributed by atoms with van der Waals surface area (Å²) in [5, 5.41) is 11.5. The van der Waals surface area contributed by atoms with E-state index >= 15 is 0 Å². The SMILES string of the molecule is CC(Cc1ccsc1)Nc1nc(N)nc(-n2cccn2)n1. The molecular formula is C13H15N7S. The van der Waals surface area contributed by atoms with Crippen LogP contribution in [0.15, 0.2) is 35.3 Å². The first-order valence-electron chi connectivity index (χ1n) is 6.50. The second kappa shape index (κ2) is 5.88. The highest BCUT2D eigenvalue weighted by atomic mass is 32.1. The lowest BCUT2D eigenvalue weighted by Crippen LogP contribution is -2.21. The molecule has 0 saturated carbocycles. The maximum absolute atomic E-state index is 5.74. The highest BCUT2D eigenvalue weighted by Crippen LogP contribution is 2.12. The molecule has 3 aromatic heterocycles. The minimum atomic E-state index is 0.167. The van der Waals surface area contributed by atoms with E-state index < -0.39 is 0 Å². The van der Waals surface area contributed by atoms with Crippen LogP contribution in [0.4, 0.5) is 11.9 Å². The summed E-state index contributed by atoms with van der Waals surface area (Å²) in [4.78, 5) is 12.5. The number of nitrogens with zero attached hydrogens (tertiary/aromatic N) is 5. The molecule has 0 radical (unpaired) electrons. The van der Waals surface area contributed by atoms with Crippen molar-refractivity contribution in [2.75, 3.05) is 11.1 Å². The van der Waals surface area contributed by atoms with Crippen molar-refractivity contribution in [3.8, 4) is 5.95 Å². The molecule has 3 rings (SSSR count). The third-order valence-electron chi connectivity index (χ3n) is 2.85. The second-order valence-corrected chi connectivity index (χ2v) is 5.43. The first-order valence-corrected chi connectivity index (χ1v) is 7.44. The van der Waals surface area contributed by atoms with Crippen molar-refractivity contribution in [3.05, 3.63) is 40.8 Å². The fourth-order valence-electron chi connectivity index (χ4n) is 1.97. The molecule has 0 spiro atoms. The third kappa shape index (κ3) is 3.34. The van der Waals surface area contributed by atoms with Crippen molar-refractivity contribution >= 4 is 23.2 Å². The number of hydrogen-bond donors (Lipinski definition) is 2. The molecule has 1 unspecified atom stereocenters. The molecule has 3 aromatic rings. The monoisotopic (exact) mass is 301 g/mol. The molecule has 0 amide bonds. The summed E-state index contributed by atoms with van der Waals surface area (Å²) >= 11 is 1.69. The minimum absolute atomic E-state index is 0.167. The van der Waals surface area contributed by atoms with E-state index in [1.54, 1.807) is 34.5 Å². The fraction of sp³-hybridized carbons (Fsp3) is 0.231. The van der Waals surface area contributed by atoms with E-state index in [9.17, 15) is 0 Å². The van der Waals surface area contributed by atoms with Crippen LogP contribution in [0.2, 0.25) is 0 Å². The summed E-state index contributed by atoms with van der Waals surface area (Å²) < 4.78 is 1.55. The van der Waals surface area contributed by atoms with Gasteiger partial charge in [0.25, 0.3) is 5.95 Å². The Morgan fingerprint density at radius 3 is 3.00 bits per heavy atom.